The van der Waals surface area contributed by atoms with Crippen LogP contribution in [0.1, 0.15) is 34.5 Å². The molecule has 0 amide bonds. The van der Waals surface area contributed by atoms with Gasteiger partial charge in [-0.15, -0.1) is 0 Å². The smallest absolute Gasteiger partial charge is 0.272 e. The van der Waals surface area contributed by atoms with Crippen LogP contribution >= 0.6 is 11.9 Å². The minimum absolute atomic E-state index is 0.103. The Bertz CT molecular complexity index is 1870. The van der Waals surface area contributed by atoms with E-state index in [-0.39, 0.29) is 34.6 Å². The van der Waals surface area contributed by atoms with Crippen molar-refractivity contribution in [1.29, 1.82) is 0 Å². The van der Waals surface area contributed by atoms with E-state index in [1.165, 1.54) is 23.0 Å². The van der Waals surface area contributed by atoms with Gasteiger partial charge in [0, 0.05) is 30.0 Å². The highest BCUT2D eigenvalue weighted by Crippen LogP contribution is 2.34. The summed E-state index contributed by atoms with van der Waals surface area (Å²) in [5.41, 5.74) is 9.47. The Labute approximate surface area is 268 Å². The number of nitrogens with one attached hydrogen (secondary N) is 2. The molecule has 0 unspecified atom stereocenters. The standard InChI is InChI=1S/C33H33F3N6O3S/c1-19-13-22(45-29-6-4-3-5-24(29)34)7-8-28(19)42-33(37)23(17-38-42)32(43)27-14-20-15-30(44-18-31(35)36)26(16-25(20)40-27)39-21-9-11-41(46-2)12-10-21/h3-8,13-17,21,31,39-40H,9-12,18,37H2,1-2H3. The van der Waals surface area contributed by atoms with Crippen molar-refractivity contribution in [2.45, 2.75) is 32.2 Å². The third-order valence-corrected chi connectivity index (χ3v) is 8.80. The molecule has 0 aliphatic carbocycles. The van der Waals surface area contributed by atoms with Crippen molar-refractivity contribution in [3.05, 3.63) is 89.5 Å². The van der Waals surface area contributed by atoms with E-state index in [1.807, 2.05) is 13.2 Å². The summed E-state index contributed by atoms with van der Waals surface area (Å²) < 4.78 is 55.1. The van der Waals surface area contributed by atoms with E-state index in [2.05, 4.69) is 19.7 Å². The van der Waals surface area contributed by atoms with Crippen molar-refractivity contribution in [2.75, 3.05) is 37.0 Å². The number of fused-ring (bicyclic) bond motifs is 1. The topological polar surface area (TPSA) is 110 Å². The van der Waals surface area contributed by atoms with Crippen LogP contribution in [-0.2, 0) is 0 Å². The van der Waals surface area contributed by atoms with Crippen molar-refractivity contribution in [3.63, 3.8) is 0 Å². The molecule has 240 valence electrons. The number of aromatic amines is 1. The van der Waals surface area contributed by atoms with Gasteiger partial charge in [0.15, 0.2) is 11.6 Å². The highest BCUT2D eigenvalue weighted by Gasteiger charge is 2.23. The van der Waals surface area contributed by atoms with E-state index >= 15 is 0 Å². The first kappa shape index (κ1) is 31.4. The maximum absolute atomic E-state index is 14.1. The second kappa shape index (κ2) is 13.4. The fourth-order valence-electron chi connectivity index (χ4n) is 5.52. The van der Waals surface area contributed by atoms with Gasteiger partial charge in [-0.05, 0) is 80.1 Å². The number of nitrogen functional groups attached to an aromatic ring is 1. The number of anilines is 2. The maximum Gasteiger partial charge on any atom is 0.272 e. The van der Waals surface area contributed by atoms with Crippen LogP contribution in [0.25, 0.3) is 16.6 Å². The summed E-state index contributed by atoms with van der Waals surface area (Å²) in [7, 11) is 0. The Morgan fingerprint density at radius 2 is 1.91 bits per heavy atom. The Kier molecular flexibility index (Phi) is 9.13. The van der Waals surface area contributed by atoms with E-state index < -0.39 is 18.8 Å². The summed E-state index contributed by atoms with van der Waals surface area (Å²) in [5.74, 6) is 0.107. The monoisotopic (exact) mass is 650 g/mol. The molecular weight excluding hydrogens is 617 g/mol. The molecule has 13 heteroatoms. The summed E-state index contributed by atoms with van der Waals surface area (Å²) in [4.78, 5) is 16.8. The van der Waals surface area contributed by atoms with Crippen LogP contribution in [0.2, 0.25) is 0 Å². The molecule has 1 saturated heterocycles. The first-order chi connectivity index (χ1) is 22.2. The summed E-state index contributed by atoms with van der Waals surface area (Å²) in [6.45, 7) is 2.91. The molecule has 0 spiro atoms. The number of hydrogen-bond donors (Lipinski definition) is 3. The summed E-state index contributed by atoms with van der Waals surface area (Å²) in [6, 6.07) is 16.5. The van der Waals surface area contributed by atoms with Crippen molar-refractivity contribution >= 4 is 40.1 Å². The van der Waals surface area contributed by atoms with E-state index in [9.17, 15) is 18.0 Å². The van der Waals surface area contributed by atoms with E-state index in [4.69, 9.17) is 15.2 Å². The second-order valence-corrected chi connectivity index (χ2v) is 11.9. The number of carbonyl (C=O) groups is 1. The van der Waals surface area contributed by atoms with E-state index in [0.29, 0.717) is 33.8 Å². The van der Waals surface area contributed by atoms with E-state index in [1.54, 1.807) is 60.5 Å². The molecule has 1 fully saturated rings. The van der Waals surface area contributed by atoms with Gasteiger partial charge in [-0.2, -0.15) is 5.10 Å². The van der Waals surface area contributed by atoms with Gasteiger partial charge in [-0.3, -0.25) is 9.10 Å². The summed E-state index contributed by atoms with van der Waals surface area (Å²) in [5, 5.41) is 8.46. The van der Waals surface area contributed by atoms with Crippen LogP contribution in [0.3, 0.4) is 0 Å². The Balaban J connectivity index is 1.24. The quantitative estimate of drug-likeness (QED) is 0.102. The molecule has 2 aromatic heterocycles. The van der Waals surface area contributed by atoms with Crippen LogP contribution < -0.4 is 20.5 Å². The first-order valence-corrected chi connectivity index (χ1v) is 15.9. The lowest BCUT2D eigenvalue weighted by molar-refractivity contribution is 0.0823. The third-order valence-electron chi connectivity index (χ3n) is 7.91. The molecule has 0 radical (unpaired) electrons. The van der Waals surface area contributed by atoms with Gasteiger partial charge in [0.25, 0.3) is 6.43 Å². The number of nitrogens with zero attached hydrogens (tertiary/aromatic N) is 3. The third kappa shape index (κ3) is 6.65. The molecule has 0 saturated carbocycles. The van der Waals surface area contributed by atoms with Crippen LogP contribution in [0.5, 0.6) is 17.2 Å². The van der Waals surface area contributed by atoms with Crippen LogP contribution in [0.15, 0.2) is 66.9 Å². The van der Waals surface area contributed by atoms with Gasteiger partial charge in [0.2, 0.25) is 5.78 Å². The van der Waals surface area contributed by atoms with Gasteiger partial charge in [0.1, 0.15) is 23.9 Å². The fourth-order valence-corrected chi connectivity index (χ4v) is 6.10. The number of benzene rings is 3. The molecule has 1 aliphatic rings. The van der Waals surface area contributed by atoms with Crippen LogP contribution in [0.4, 0.5) is 24.7 Å². The van der Waals surface area contributed by atoms with Gasteiger partial charge < -0.3 is 25.5 Å². The van der Waals surface area contributed by atoms with Crippen LogP contribution in [0, 0.1) is 12.7 Å². The number of nitrogens with two attached hydrogens (primary N) is 1. The number of ether oxygens (including phenoxy) is 2. The lowest BCUT2D eigenvalue weighted by Gasteiger charge is -2.31. The number of para-hydroxylation sites is 1. The zero-order chi connectivity index (χ0) is 32.4. The highest BCUT2D eigenvalue weighted by molar-refractivity contribution is 7.96. The number of halogens is 3. The lowest BCUT2D eigenvalue weighted by Crippen LogP contribution is -2.35. The molecular formula is C33H33F3N6O3S. The largest absolute Gasteiger partial charge is 0.485 e. The van der Waals surface area contributed by atoms with Crippen molar-refractivity contribution in [2.24, 2.45) is 0 Å². The number of piperidine rings is 1. The zero-order valence-electron chi connectivity index (χ0n) is 25.2. The summed E-state index contributed by atoms with van der Waals surface area (Å²) >= 11 is 1.71. The average molecular weight is 651 g/mol. The van der Waals surface area contributed by atoms with Gasteiger partial charge in [0.05, 0.1) is 28.8 Å². The Morgan fingerprint density at radius 3 is 2.63 bits per heavy atom. The van der Waals surface area contributed by atoms with Gasteiger partial charge in [-0.25, -0.2) is 17.9 Å². The number of carbonyl (C=O) groups excluding carboxylic acids is 1. The van der Waals surface area contributed by atoms with Crippen LogP contribution in [-0.4, -0.2) is 63.3 Å². The molecule has 3 heterocycles. The maximum atomic E-state index is 14.1. The molecule has 0 atom stereocenters. The molecule has 1 aliphatic heterocycles. The SMILES string of the molecule is CSN1CCC(Nc2cc3[nH]c(C(=O)c4cnn(-c5ccc(Oc6ccccc6F)cc5C)c4N)cc3cc2OCC(F)F)CC1. The zero-order valence-corrected chi connectivity index (χ0v) is 26.0. The Morgan fingerprint density at radius 1 is 1.13 bits per heavy atom. The number of rotatable bonds is 11. The summed E-state index contributed by atoms with van der Waals surface area (Å²) in [6.07, 6.45) is 2.61. The number of alkyl halides is 2. The van der Waals surface area contributed by atoms with Crippen molar-refractivity contribution in [1.82, 2.24) is 19.1 Å². The number of aryl methyl sites for hydroxylation is 1. The number of aromatic nitrogens is 3. The molecule has 0 bridgehead atoms. The van der Waals surface area contributed by atoms with E-state index in [0.717, 1.165) is 31.5 Å². The highest BCUT2D eigenvalue weighted by atomic mass is 32.2. The second-order valence-electron chi connectivity index (χ2n) is 11.0. The number of ketones is 1. The van der Waals surface area contributed by atoms with Crippen molar-refractivity contribution in [3.8, 4) is 22.9 Å². The number of H-pyrrole nitrogens is 1. The minimum atomic E-state index is -2.63. The van der Waals surface area contributed by atoms with Gasteiger partial charge >= 0.3 is 0 Å². The molecule has 9 nitrogen and oxygen atoms in total. The predicted molar refractivity (Wildman–Crippen MR) is 174 cm³/mol. The minimum Gasteiger partial charge on any atom is -0.485 e. The Hall–Kier alpha value is -4.62. The van der Waals surface area contributed by atoms with Crippen molar-refractivity contribution < 1.29 is 27.4 Å². The predicted octanol–water partition coefficient (Wildman–Crippen LogP) is 7.20. The first-order valence-electron chi connectivity index (χ1n) is 14.7. The molecule has 5 aromatic rings. The molecule has 3 aromatic carbocycles. The lowest BCUT2D eigenvalue weighted by atomic mass is 10.1. The molecule has 6 rings (SSSR count). The fraction of sp³-hybridized carbons (Fsp3) is 0.273. The number of hydrogen-bond acceptors (Lipinski definition) is 8. The normalized spacial score (nSPS) is 14.2. The molecule has 4 N–H and O–H groups in total. The molecule has 46 heavy (non-hydrogen) atoms. The average Bonchev–Trinajstić information content (AvgIpc) is 3.64. The van der Waals surface area contributed by atoms with Gasteiger partial charge in [-0.1, -0.05) is 24.1 Å².